The second-order valence-corrected chi connectivity index (χ2v) is 7.66. The normalized spacial score (nSPS) is 14.8. The molecule has 0 bridgehead atoms. The van der Waals surface area contributed by atoms with Crippen LogP contribution in [0.2, 0.25) is 0 Å². The smallest absolute Gasteiger partial charge is 0.319 e. The van der Waals surface area contributed by atoms with E-state index >= 15 is 0 Å². The van der Waals surface area contributed by atoms with Crippen molar-refractivity contribution in [1.82, 2.24) is 10.2 Å². The molecular formula is C23H26F2N4O. The summed E-state index contributed by atoms with van der Waals surface area (Å²) in [5, 5.41) is 14.5. The molecule has 30 heavy (non-hydrogen) atoms. The van der Waals surface area contributed by atoms with Crippen LogP contribution in [-0.2, 0) is 6.42 Å². The van der Waals surface area contributed by atoms with Crippen molar-refractivity contribution in [2.45, 2.75) is 25.7 Å². The van der Waals surface area contributed by atoms with Gasteiger partial charge < -0.3 is 15.5 Å². The van der Waals surface area contributed by atoms with Crippen LogP contribution in [0.1, 0.15) is 30.4 Å². The van der Waals surface area contributed by atoms with Crippen LogP contribution in [0.5, 0.6) is 0 Å². The number of likely N-dealkylation sites (tertiary alicyclic amines) is 1. The summed E-state index contributed by atoms with van der Waals surface area (Å²) in [4.78, 5) is 14.3. The third-order valence-electron chi connectivity index (χ3n) is 5.40. The van der Waals surface area contributed by atoms with Gasteiger partial charge in [0.1, 0.15) is 0 Å². The average molecular weight is 412 g/mol. The Hall–Kier alpha value is -2.98. The molecule has 1 aliphatic heterocycles. The second-order valence-electron chi connectivity index (χ2n) is 7.66. The molecule has 0 atom stereocenters. The Morgan fingerprint density at radius 2 is 1.93 bits per heavy atom. The maximum absolute atomic E-state index is 13.4. The maximum Gasteiger partial charge on any atom is 0.319 e. The summed E-state index contributed by atoms with van der Waals surface area (Å²) in [5.74, 6) is -1.09. The van der Waals surface area contributed by atoms with Gasteiger partial charge in [-0.25, -0.2) is 13.6 Å². The zero-order chi connectivity index (χ0) is 21.3. The van der Waals surface area contributed by atoms with Crippen LogP contribution >= 0.6 is 0 Å². The highest BCUT2D eigenvalue weighted by molar-refractivity contribution is 5.89. The van der Waals surface area contributed by atoms with E-state index in [9.17, 15) is 13.6 Å². The van der Waals surface area contributed by atoms with Crippen LogP contribution in [0.15, 0.2) is 42.5 Å². The Morgan fingerprint density at radius 1 is 1.13 bits per heavy atom. The fourth-order valence-corrected chi connectivity index (χ4v) is 3.76. The van der Waals surface area contributed by atoms with Gasteiger partial charge in [-0.05, 0) is 87.1 Å². The molecule has 158 valence electrons. The first-order valence-electron chi connectivity index (χ1n) is 10.2. The molecule has 1 heterocycles. The van der Waals surface area contributed by atoms with Crippen molar-refractivity contribution < 1.29 is 13.6 Å². The quantitative estimate of drug-likeness (QED) is 0.666. The molecule has 0 aromatic heterocycles. The summed E-state index contributed by atoms with van der Waals surface area (Å²) in [6.45, 7) is 3.42. The van der Waals surface area contributed by atoms with Crippen LogP contribution in [0, 0.1) is 28.9 Å². The molecule has 2 aromatic rings. The Labute approximate surface area is 175 Å². The van der Waals surface area contributed by atoms with Gasteiger partial charge in [0, 0.05) is 12.2 Å². The van der Waals surface area contributed by atoms with Crippen molar-refractivity contribution in [2.75, 3.05) is 31.5 Å². The predicted octanol–water partition coefficient (Wildman–Crippen LogP) is 4.30. The van der Waals surface area contributed by atoms with Gasteiger partial charge in [0.05, 0.1) is 11.6 Å². The first kappa shape index (κ1) is 21.7. The van der Waals surface area contributed by atoms with Crippen LogP contribution in [0.3, 0.4) is 0 Å². The molecule has 1 aliphatic rings. The minimum atomic E-state index is -0.799. The molecule has 2 N–H and O–H groups in total. The number of nitriles is 1. The van der Waals surface area contributed by atoms with E-state index in [4.69, 9.17) is 5.26 Å². The topological polar surface area (TPSA) is 68.2 Å². The molecule has 2 amide bonds. The number of carbonyl (C=O) groups excluding carboxylic acids is 1. The Morgan fingerprint density at radius 3 is 2.67 bits per heavy atom. The van der Waals surface area contributed by atoms with Crippen molar-refractivity contribution >= 4 is 11.7 Å². The van der Waals surface area contributed by atoms with Gasteiger partial charge in [-0.3, -0.25) is 0 Å². The molecule has 0 unspecified atom stereocenters. The standard InChI is InChI=1S/C23H26F2N4O/c24-21-6-5-18(15-22(21)25)13-17-7-11-29(12-8-17)10-2-9-27-23(30)28-20-4-1-3-19(14-20)16-26/h1,3-6,14-15,17H,2,7-13H2,(H2,27,28,30). The number of urea groups is 1. The number of hydrogen-bond donors (Lipinski definition) is 2. The third kappa shape index (κ3) is 6.53. The number of anilines is 1. The van der Waals surface area contributed by atoms with Crippen molar-refractivity contribution in [3.8, 4) is 6.07 Å². The lowest BCUT2D eigenvalue weighted by Crippen LogP contribution is -2.37. The predicted molar refractivity (Wildman–Crippen MR) is 112 cm³/mol. The highest BCUT2D eigenvalue weighted by Gasteiger charge is 2.19. The molecule has 0 saturated carbocycles. The molecule has 2 aromatic carbocycles. The van der Waals surface area contributed by atoms with E-state index in [2.05, 4.69) is 15.5 Å². The second kappa shape index (κ2) is 10.7. The van der Waals surface area contributed by atoms with Crippen LogP contribution in [-0.4, -0.2) is 37.1 Å². The average Bonchev–Trinajstić information content (AvgIpc) is 2.75. The van der Waals surface area contributed by atoms with Crippen molar-refractivity contribution in [3.63, 3.8) is 0 Å². The van der Waals surface area contributed by atoms with E-state index in [0.29, 0.717) is 23.7 Å². The number of carbonyl (C=O) groups is 1. The molecule has 0 spiro atoms. The van der Waals surface area contributed by atoms with Gasteiger partial charge >= 0.3 is 6.03 Å². The summed E-state index contributed by atoms with van der Waals surface area (Å²) in [5.41, 5.74) is 1.94. The summed E-state index contributed by atoms with van der Waals surface area (Å²) in [6, 6.07) is 12.7. The summed E-state index contributed by atoms with van der Waals surface area (Å²) in [6.07, 6.45) is 3.68. The zero-order valence-corrected chi connectivity index (χ0v) is 16.8. The molecule has 3 rings (SSSR count). The van der Waals surface area contributed by atoms with Crippen LogP contribution in [0.25, 0.3) is 0 Å². The van der Waals surface area contributed by atoms with E-state index in [-0.39, 0.29) is 6.03 Å². The molecule has 7 heteroatoms. The fraction of sp³-hybridized carbons (Fsp3) is 0.391. The lowest BCUT2D eigenvalue weighted by molar-refractivity contribution is 0.182. The number of hydrogen-bond acceptors (Lipinski definition) is 3. The first-order chi connectivity index (χ1) is 14.5. The van der Waals surface area contributed by atoms with Crippen molar-refractivity contribution in [2.24, 2.45) is 5.92 Å². The number of nitrogens with one attached hydrogen (secondary N) is 2. The summed E-state index contributed by atoms with van der Waals surface area (Å²) in [7, 11) is 0. The molecule has 0 aliphatic carbocycles. The first-order valence-corrected chi connectivity index (χ1v) is 10.2. The van der Waals surface area contributed by atoms with Crippen LogP contribution < -0.4 is 10.6 Å². The monoisotopic (exact) mass is 412 g/mol. The highest BCUT2D eigenvalue weighted by atomic mass is 19.2. The SMILES string of the molecule is N#Cc1cccc(NC(=O)NCCCN2CCC(Cc3ccc(F)c(F)c3)CC2)c1. The van der Waals surface area contributed by atoms with E-state index in [0.717, 1.165) is 50.9 Å². The number of rotatable bonds is 7. The zero-order valence-electron chi connectivity index (χ0n) is 16.8. The van der Waals surface area contributed by atoms with E-state index in [1.807, 2.05) is 6.07 Å². The van der Waals surface area contributed by atoms with Crippen molar-refractivity contribution in [3.05, 3.63) is 65.2 Å². The van der Waals surface area contributed by atoms with Gasteiger partial charge in [-0.2, -0.15) is 5.26 Å². The molecule has 1 fully saturated rings. The van der Waals surface area contributed by atoms with Gasteiger partial charge in [-0.1, -0.05) is 12.1 Å². The van der Waals surface area contributed by atoms with E-state index in [1.165, 1.54) is 12.1 Å². The molecule has 0 radical (unpaired) electrons. The Balaban J connectivity index is 1.30. The minimum absolute atomic E-state index is 0.282. The number of halogens is 2. The lowest BCUT2D eigenvalue weighted by Gasteiger charge is -2.32. The van der Waals surface area contributed by atoms with Gasteiger partial charge in [0.15, 0.2) is 11.6 Å². The lowest BCUT2D eigenvalue weighted by atomic mass is 9.90. The maximum atomic E-state index is 13.4. The number of benzene rings is 2. The molecular weight excluding hydrogens is 386 g/mol. The number of nitrogens with zero attached hydrogens (tertiary/aromatic N) is 2. The van der Waals surface area contributed by atoms with E-state index < -0.39 is 11.6 Å². The van der Waals surface area contributed by atoms with Crippen LogP contribution in [0.4, 0.5) is 19.3 Å². The van der Waals surface area contributed by atoms with E-state index in [1.54, 1.807) is 30.3 Å². The summed E-state index contributed by atoms with van der Waals surface area (Å²) < 4.78 is 26.4. The van der Waals surface area contributed by atoms with Crippen molar-refractivity contribution in [1.29, 1.82) is 5.26 Å². The van der Waals surface area contributed by atoms with Gasteiger partial charge in [-0.15, -0.1) is 0 Å². The molecule has 1 saturated heterocycles. The fourth-order valence-electron chi connectivity index (χ4n) is 3.76. The summed E-state index contributed by atoms with van der Waals surface area (Å²) >= 11 is 0. The number of piperidine rings is 1. The van der Waals surface area contributed by atoms with Gasteiger partial charge in [0.25, 0.3) is 0 Å². The number of amides is 2. The van der Waals surface area contributed by atoms with Gasteiger partial charge in [0.2, 0.25) is 0 Å². The minimum Gasteiger partial charge on any atom is -0.338 e. The third-order valence-corrected chi connectivity index (χ3v) is 5.40. The molecule has 5 nitrogen and oxygen atoms in total. The largest absolute Gasteiger partial charge is 0.338 e. The Bertz CT molecular complexity index is 904. The Kier molecular flexibility index (Phi) is 7.75. The highest BCUT2D eigenvalue weighted by Crippen LogP contribution is 2.22.